The summed E-state index contributed by atoms with van der Waals surface area (Å²) in [5.41, 5.74) is 0.783. The van der Waals surface area contributed by atoms with Gasteiger partial charge in [-0.15, -0.1) is 0 Å². The number of rotatable bonds is 1. The van der Waals surface area contributed by atoms with Gasteiger partial charge in [-0.3, -0.25) is 9.59 Å². The van der Waals surface area contributed by atoms with Crippen molar-refractivity contribution in [2.45, 2.75) is 25.3 Å². The van der Waals surface area contributed by atoms with Gasteiger partial charge in [0.15, 0.2) is 0 Å². The molecule has 2 saturated heterocycles. The Balaban J connectivity index is 1.94. The lowest BCUT2D eigenvalue weighted by Crippen LogP contribution is -2.61. The van der Waals surface area contributed by atoms with Crippen LogP contribution in [0.5, 0.6) is 0 Å². The van der Waals surface area contributed by atoms with Crippen molar-refractivity contribution in [1.82, 2.24) is 4.90 Å². The lowest BCUT2D eigenvalue weighted by Gasteiger charge is -2.42. The van der Waals surface area contributed by atoms with Gasteiger partial charge < -0.3 is 9.80 Å². The minimum absolute atomic E-state index is 0.0474. The van der Waals surface area contributed by atoms with Crippen molar-refractivity contribution in [2.24, 2.45) is 0 Å². The summed E-state index contributed by atoms with van der Waals surface area (Å²) in [4.78, 5) is 28.1. The fourth-order valence-electron chi connectivity index (χ4n) is 2.85. The van der Waals surface area contributed by atoms with Crippen LogP contribution in [0.1, 0.15) is 19.3 Å². The SMILES string of the molecule is O=C1C2CCCCN2C(=O)CN1c1ccccc1Br. The lowest BCUT2D eigenvalue weighted by atomic mass is 9.98. The van der Waals surface area contributed by atoms with Crippen LogP contribution < -0.4 is 4.90 Å². The summed E-state index contributed by atoms with van der Waals surface area (Å²) in [6.45, 7) is 0.872. The summed E-state index contributed by atoms with van der Waals surface area (Å²) in [6, 6.07) is 7.28. The molecule has 0 spiro atoms. The topological polar surface area (TPSA) is 40.6 Å². The molecule has 1 aromatic carbocycles. The molecule has 0 radical (unpaired) electrons. The Morgan fingerprint density at radius 2 is 1.95 bits per heavy atom. The lowest BCUT2D eigenvalue weighted by molar-refractivity contribution is -0.144. The molecule has 0 aromatic heterocycles. The number of hydrogen-bond acceptors (Lipinski definition) is 2. The van der Waals surface area contributed by atoms with E-state index in [1.807, 2.05) is 24.3 Å². The molecule has 2 heterocycles. The molecule has 1 atom stereocenters. The van der Waals surface area contributed by atoms with Gasteiger partial charge >= 0.3 is 0 Å². The maximum absolute atomic E-state index is 12.6. The Labute approximate surface area is 120 Å². The molecular formula is C14H15BrN2O2. The number of halogens is 1. The maximum atomic E-state index is 12.6. The minimum atomic E-state index is -0.262. The molecular weight excluding hydrogens is 308 g/mol. The van der Waals surface area contributed by atoms with Crippen LogP contribution in [0.2, 0.25) is 0 Å². The van der Waals surface area contributed by atoms with Crippen LogP contribution in [-0.4, -0.2) is 35.8 Å². The van der Waals surface area contributed by atoms with Gasteiger partial charge in [0.1, 0.15) is 12.6 Å². The predicted octanol–water partition coefficient (Wildman–Crippen LogP) is 2.18. The number of piperazine rings is 1. The molecule has 1 aromatic rings. The van der Waals surface area contributed by atoms with Crippen LogP contribution in [0.4, 0.5) is 5.69 Å². The van der Waals surface area contributed by atoms with Gasteiger partial charge in [0, 0.05) is 11.0 Å². The highest BCUT2D eigenvalue weighted by molar-refractivity contribution is 9.10. The Morgan fingerprint density at radius 1 is 1.16 bits per heavy atom. The summed E-state index contributed by atoms with van der Waals surface area (Å²) in [6.07, 6.45) is 2.81. The average Bonchev–Trinajstić information content (AvgIpc) is 2.44. The van der Waals surface area contributed by atoms with Crippen LogP contribution in [0.15, 0.2) is 28.7 Å². The van der Waals surface area contributed by atoms with Gasteiger partial charge in [0.05, 0.1) is 5.69 Å². The van der Waals surface area contributed by atoms with Crippen LogP contribution in [0.25, 0.3) is 0 Å². The van der Waals surface area contributed by atoms with Gasteiger partial charge in [0.25, 0.3) is 0 Å². The van der Waals surface area contributed by atoms with E-state index in [2.05, 4.69) is 15.9 Å². The summed E-state index contributed by atoms with van der Waals surface area (Å²) >= 11 is 3.45. The van der Waals surface area contributed by atoms with E-state index in [9.17, 15) is 9.59 Å². The van der Waals surface area contributed by atoms with Crippen molar-refractivity contribution >= 4 is 33.4 Å². The molecule has 2 aliphatic heterocycles. The zero-order valence-corrected chi connectivity index (χ0v) is 12.1. The van der Waals surface area contributed by atoms with E-state index in [1.165, 1.54) is 0 Å². The molecule has 2 fully saturated rings. The molecule has 2 aliphatic rings. The number of carbonyl (C=O) groups is 2. The molecule has 0 N–H and O–H groups in total. The Kier molecular flexibility index (Phi) is 3.31. The molecule has 4 nitrogen and oxygen atoms in total. The van der Waals surface area contributed by atoms with Crippen molar-refractivity contribution in [3.8, 4) is 0 Å². The molecule has 0 saturated carbocycles. The molecule has 0 aliphatic carbocycles. The highest BCUT2D eigenvalue weighted by Crippen LogP contribution is 2.31. The normalized spacial score (nSPS) is 23.5. The molecule has 3 rings (SSSR count). The van der Waals surface area contributed by atoms with Crippen molar-refractivity contribution in [3.05, 3.63) is 28.7 Å². The van der Waals surface area contributed by atoms with Gasteiger partial charge in [-0.25, -0.2) is 0 Å². The number of benzene rings is 1. The van der Waals surface area contributed by atoms with E-state index in [-0.39, 0.29) is 24.4 Å². The van der Waals surface area contributed by atoms with E-state index < -0.39 is 0 Å². The smallest absolute Gasteiger partial charge is 0.250 e. The number of para-hydroxylation sites is 1. The summed E-state index contributed by atoms with van der Waals surface area (Å²) < 4.78 is 0.848. The third-order valence-corrected chi connectivity index (χ3v) is 4.48. The Morgan fingerprint density at radius 3 is 2.74 bits per heavy atom. The number of nitrogens with zero attached hydrogens (tertiary/aromatic N) is 2. The number of fused-ring (bicyclic) bond motifs is 1. The number of anilines is 1. The van der Waals surface area contributed by atoms with Crippen LogP contribution in [0, 0.1) is 0 Å². The zero-order chi connectivity index (χ0) is 13.4. The third kappa shape index (κ3) is 2.16. The maximum Gasteiger partial charge on any atom is 0.250 e. The van der Waals surface area contributed by atoms with E-state index in [0.717, 1.165) is 36.0 Å². The summed E-state index contributed by atoms with van der Waals surface area (Å²) in [5.74, 6) is 0.103. The first-order valence-electron chi connectivity index (χ1n) is 6.54. The van der Waals surface area contributed by atoms with Crippen molar-refractivity contribution in [3.63, 3.8) is 0 Å². The zero-order valence-electron chi connectivity index (χ0n) is 10.5. The number of amides is 2. The first-order valence-corrected chi connectivity index (χ1v) is 7.33. The molecule has 1 unspecified atom stereocenters. The fourth-order valence-corrected chi connectivity index (χ4v) is 3.34. The Hall–Kier alpha value is -1.36. The molecule has 0 bridgehead atoms. The van der Waals surface area contributed by atoms with E-state index in [1.54, 1.807) is 9.80 Å². The second kappa shape index (κ2) is 4.96. The molecule has 2 amide bonds. The van der Waals surface area contributed by atoms with Gasteiger partial charge in [-0.1, -0.05) is 12.1 Å². The minimum Gasteiger partial charge on any atom is -0.329 e. The highest BCUT2D eigenvalue weighted by atomic mass is 79.9. The van der Waals surface area contributed by atoms with E-state index >= 15 is 0 Å². The summed E-state index contributed by atoms with van der Waals surface area (Å²) in [7, 11) is 0. The van der Waals surface area contributed by atoms with Gasteiger partial charge in [-0.05, 0) is 47.3 Å². The van der Waals surface area contributed by atoms with Crippen LogP contribution in [-0.2, 0) is 9.59 Å². The number of hydrogen-bond donors (Lipinski definition) is 0. The van der Waals surface area contributed by atoms with Crippen LogP contribution >= 0.6 is 15.9 Å². The molecule has 100 valence electrons. The number of piperidine rings is 1. The Bertz CT molecular complexity index is 532. The second-order valence-electron chi connectivity index (χ2n) is 4.97. The highest BCUT2D eigenvalue weighted by Gasteiger charge is 2.41. The standard InChI is InChI=1S/C14H15BrN2O2/c15-10-5-1-2-6-11(10)17-9-13(18)16-8-4-3-7-12(16)14(17)19/h1-2,5-6,12H,3-4,7-9H2. The van der Waals surface area contributed by atoms with E-state index in [4.69, 9.17) is 0 Å². The second-order valence-corrected chi connectivity index (χ2v) is 5.83. The average molecular weight is 323 g/mol. The third-order valence-electron chi connectivity index (χ3n) is 3.81. The molecule has 19 heavy (non-hydrogen) atoms. The quantitative estimate of drug-likeness (QED) is 0.795. The van der Waals surface area contributed by atoms with Crippen molar-refractivity contribution < 1.29 is 9.59 Å². The van der Waals surface area contributed by atoms with Crippen molar-refractivity contribution in [1.29, 1.82) is 0 Å². The predicted molar refractivity (Wildman–Crippen MR) is 75.8 cm³/mol. The number of carbonyl (C=O) groups excluding carboxylic acids is 2. The largest absolute Gasteiger partial charge is 0.329 e. The van der Waals surface area contributed by atoms with Gasteiger partial charge in [0.2, 0.25) is 11.8 Å². The monoisotopic (exact) mass is 322 g/mol. The fraction of sp³-hybridized carbons (Fsp3) is 0.429. The van der Waals surface area contributed by atoms with Crippen molar-refractivity contribution in [2.75, 3.05) is 18.0 Å². The van der Waals surface area contributed by atoms with Gasteiger partial charge in [-0.2, -0.15) is 0 Å². The van der Waals surface area contributed by atoms with Crippen LogP contribution in [0.3, 0.4) is 0 Å². The van der Waals surface area contributed by atoms with E-state index in [0.29, 0.717) is 0 Å². The first kappa shape index (κ1) is 12.7. The first-order chi connectivity index (χ1) is 9.18. The molecule has 5 heteroatoms. The summed E-state index contributed by atoms with van der Waals surface area (Å²) in [5, 5.41) is 0.